The highest BCUT2D eigenvalue weighted by Crippen LogP contribution is 2.30. The van der Waals surface area contributed by atoms with Crippen molar-refractivity contribution in [3.8, 4) is 5.75 Å². The molecule has 18 heavy (non-hydrogen) atoms. The molecule has 0 aliphatic heterocycles. The molecule has 2 aromatic heterocycles. The molecular formula is C13H10N2O3. The topological polar surface area (TPSA) is 64.4 Å². The Bertz CT molecular complexity index is 761. The van der Waals surface area contributed by atoms with Gasteiger partial charge in [0.2, 0.25) is 0 Å². The van der Waals surface area contributed by atoms with Crippen LogP contribution in [0.1, 0.15) is 0 Å². The molecule has 5 heteroatoms. The first-order chi connectivity index (χ1) is 8.72. The largest absolute Gasteiger partial charge is 0.497 e. The number of fused-ring (bicyclic) bond motifs is 3. The van der Waals surface area contributed by atoms with Crippen molar-refractivity contribution in [2.24, 2.45) is 0 Å². The molecule has 2 heterocycles. The molecule has 0 saturated carbocycles. The van der Waals surface area contributed by atoms with Gasteiger partial charge in [-0.15, -0.1) is 0 Å². The first-order valence-electron chi connectivity index (χ1n) is 5.38. The average molecular weight is 242 g/mol. The molecule has 0 radical (unpaired) electrons. The Kier molecular flexibility index (Phi) is 2.19. The van der Waals surface area contributed by atoms with Gasteiger partial charge in [-0.25, -0.2) is 9.36 Å². The Morgan fingerprint density at radius 3 is 2.78 bits per heavy atom. The molecule has 0 atom stereocenters. The number of hydrogen-bond donors (Lipinski definition) is 1. The summed E-state index contributed by atoms with van der Waals surface area (Å²) in [7, 11) is 1.58. The summed E-state index contributed by atoms with van der Waals surface area (Å²) in [4.78, 5) is 15.4. The number of benzene rings is 1. The van der Waals surface area contributed by atoms with Crippen molar-refractivity contribution >= 4 is 27.9 Å². The quantitative estimate of drug-likeness (QED) is 0.712. The third-order valence-electron chi connectivity index (χ3n) is 2.97. The molecule has 1 aromatic carbocycles. The van der Waals surface area contributed by atoms with E-state index in [4.69, 9.17) is 4.74 Å². The summed E-state index contributed by atoms with van der Waals surface area (Å²) in [6.45, 7) is 0. The molecule has 0 unspecified atom stereocenters. The van der Waals surface area contributed by atoms with Gasteiger partial charge in [-0.2, -0.15) is 0 Å². The normalized spacial score (nSPS) is 10.9. The van der Waals surface area contributed by atoms with Crippen LogP contribution in [0.25, 0.3) is 21.8 Å². The molecule has 0 amide bonds. The van der Waals surface area contributed by atoms with Crippen molar-refractivity contribution in [1.29, 1.82) is 0 Å². The van der Waals surface area contributed by atoms with Crippen molar-refractivity contribution in [2.45, 2.75) is 0 Å². The van der Waals surface area contributed by atoms with Gasteiger partial charge in [0.15, 0.2) is 0 Å². The predicted molar refractivity (Wildman–Crippen MR) is 67.2 cm³/mol. The van der Waals surface area contributed by atoms with E-state index < -0.39 is 6.09 Å². The van der Waals surface area contributed by atoms with Crippen LogP contribution in [0.5, 0.6) is 5.75 Å². The van der Waals surface area contributed by atoms with Crippen LogP contribution in [0.3, 0.4) is 0 Å². The van der Waals surface area contributed by atoms with Gasteiger partial charge in [0.05, 0.1) is 18.1 Å². The summed E-state index contributed by atoms with van der Waals surface area (Å²) < 4.78 is 6.42. The summed E-state index contributed by atoms with van der Waals surface area (Å²) in [5, 5.41) is 10.9. The number of ether oxygens (including phenoxy) is 1. The Morgan fingerprint density at radius 2 is 2.06 bits per heavy atom. The van der Waals surface area contributed by atoms with Crippen LogP contribution in [0.4, 0.5) is 4.79 Å². The summed E-state index contributed by atoms with van der Waals surface area (Å²) in [5.74, 6) is 0.691. The summed E-state index contributed by atoms with van der Waals surface area (Å²) in [6, 6.07) is 6.99. The van der Waals surface area contributed by atoms with Crippen molar-refractivity contribution in [3.63, 3.8) is 0 Å². The van der Waals surface area contributed by atoms with Gasteiger partial charge < -0.3 is 9.84 Å². The van der Waals surface area contributed by atoms with Crippen molar-refractivity contribution in [2.75, 3.05) is 7.11 Å². The highest BCUT2D eigenvalue weighted by Gasteiger charge is 2.15. The zero-order valence-corrected chi connectivity index (χ0v) is 9.62. The van der Waals surface area contributed by atoms with Crippen molar-refractivity contribution in [3.05, 3.63) is 36.7 Å². The lowest BCUT2D eigenvalue weighted by Crippen LogP contribution is -2.06. The first-order valence-corrected chi connectivity index (χ1v) is 5.38. The molecule has 1 N–H and O–H groups in total. The maximum atomic E-state index is 11.4. The van der Waals surface area contributed by atoms with Crippen molar-refractivity contribution in [1.82, 2.24) is 9.55 Å². The molecule has 0 fully saturated rings. The molecule has 0 aliphatic carbocycles. The van der Waals surface area contributed by atoms with Gasteiger partial charge in [-0.05, 0) is 24.3 Å². The van der Waals surface area contributed by atoms with E-state index >= 15 is 0 Å². The van der Waals surface area contributed by atoms with Gasteiger partial charge in [0, 0.05) is 23.2 Å². The maximum Gasteiger partial charge on any atom is 0.416 e. The van der Waals surface area contributed by atoms with Gasteiger partial charge in [0.25, 0.3) is 0 Å². The Morgan fingerprint density at radius 1 is 1.28 bits per heavy atom. The second kappa shape index (κ2) is 3.73. The third-order valence-corrected chi connectivity index (χ3v) is 2.97. The van der Waals surface area contributed by atoms with Gasteiger partial charge in [0.1, 0.15) is 5.75 Å². The highest BCUT2D eigenvalue weighted by molar-refractivity contribution is 6.12. The van der Waals surface area contributed by atoms with E-state index in [9.17, 15) is 9.90 Å². The number of methoxy groups -OCH3 is 1. The summed E-state index contributed by atoms with van der Waals surface area (Å²) >= 11 is 0. The number of pyridine rings is 1. The fraction of sp³-hybridized carbons (Fsp3) is 0.0769. The number of carbonyl (C=O) groups is 1. The van der Waals surface area contributed by atoms with E-state index in [1.54, 1.807) is 37.7 Å². The molecule has 3 aromatic rings. The zero-order valence-electron chi connectivity index (χ0n) is 9.62. The number of aromatic nitrogens is 2. The fourth-order valence-electron chi connectivity index (χ4n) is 2.18. The summed E-state index contributed by atoms with van der Waals surface area (Å²) in [6.07, 6.45) is 2.24. The van der Waals surface area contributed by atoms with Crippen LogP contribution in [0.15, 0.2) is 36.7 Å². The SMILES string of the molecule is COc1ccc2c(c1)c1cnccc1n2C(=O)O. The Hall–Kier alpha value is -2.56. The lowest BCUT2D eigenvalue weighted by molar-refractivity contribution is 0.198. The zero-order chi connectivity index (χ0) is 12.7. The molecule has 0 saturated heterocycles. The molecule has 0 spiro atoms. The monoisotopic (exact) mass is 242 g/mol. The van der Waals surface area contributed by atoms with Crippen molar-refractivity contribution < 1.29 is 14.6 Å². The van der Waals surface area contributed by atoms with E-state index in [1.165, 1.54) is 4.57 Å². The Labute approximate surface area is 102 Å². The van der Waals surface area contributed by atoms with E-state index in [2.05, 4.69) is 4.98 Å². The van der Waals surface area contributed by atoms with Gasteiger partial charge in [-0.1, -0.05) is 0 Å². The second-order valence-electron chi connectivity index (χ2n) is 3.89. The summed E-state index contributed by atoms with van der Waals surface area (Å²) in [5.41, 5.74) is 1.26. The van der Waals surface area contributed by atoms with E-state index in [0.29, 0.717) is 16.8 Å². The van der Waals surface area contributed by atoms with Crippen LogP contribution >= 0.6 is 0 Å². The second-order valence-corrected chi connectivity index (χ2v) is 3.89. The molecule has 5 nitrogen and oxygen atoms in total. The van der Waals surface area contributed by atoms with Crippen LogP contribution in [-0.4, -0.2) is 27.9 Å². The van der Waals surface area contributed by atoms with Crippen LogP contribution < -0.4 is 4.74 Å². The van der Waals surface area contributed by atoms with Gasteiger partial charge in [-0.3, -0.25) is 4.98 Å². The third kappa shape index (κ3) is 1.34. The first kappa shape index (κ1) is 10.6. The average Bonchev–Trinajstić information content (AvgIpc) is 2.72. The minimum Gasteiger partial charge on any atom is -0.497 e. The van der Waals surface area contributed by atoms with E-state index in [0.717, 1.165) is 10.8 Å². The highest BCUT2D eigenvalue weighted by atomic mass is 16.5. The number of nitrogens with zero attached hydrogens (tertiary/aromatic N) is 2. The van der Waals surface area contributed by atoms with Crippen LogP contribution in [-0.2, 0) is 0 Å². The molecular weight excluding hydrogens is 232 g/mol. The van der Waals surface area contributed by atoms with Gasteiger partial charge >= 0.3 is 6.09 Å². The number of rotatable bonds is 1. The minimum atomic E-state index is -1.01. The molecule has 0 bridgehead atoms. The molecule has 3 rings (SSSR count). The van der Waals surface area contributed by atoms with Crippen LogP contribution in [0.2, 0.25) is 0 Å². The van der Waals surface area contributed by atoms with Crippen LogP contribution in [0, 0.1) is 0 Å². The lowest BCUT2D eigenvalue weighted by Gasteiger charge is -2.01. The molecule has 90 valence electrons. The number of carboxylic acid groups (broad SMARTS) is 1. The predicted octanol–water partition coefficient (Wildman–Crippen LogP) is 2.72. The molecule has 0 aliphatic rings. The van der Waals surface area contributed by atoms with E-state index in [1.807, 2.05) is 6.07 Å². The fourth-order valence-corrected chi connectivity index (χ4v) is 2.18. The minimum absolute atomic E-state index is 0.626. The maximum absolute atomic E-state index is 11.4. The standard InChI is InChI=1S/C13H10N2O3/c1-18-8-2-3-11-9(6-8)10-7-14-5-4-12(10)15(11)13(16)17/h2-7H,1H3,(H,16,17). The van der Waals surface area contributed by atoms with E-state index in [-0.39, 0.29) is 0 Å². The lowest BCUT2D eigenvalue weighted by atomic mass is 10.2. The smallest absolute Gasteiger partial charge is 0.416 e. The number of hydrogen-bond acceptors (Lipinski definition) is 3. The Balaban J connectivity index is 2.53.